The van der Waals surface area contributed by atoms with Crippen LogP contribution in [0.1, 0.15) is 22.3 Å². The first-order valence-electron chi connectivity index (χ1n) is 22.6. The Hall–Kier alpha value is -8.66. The molecule has 3 heteroatoms. The second-order valence-electron chi connectivity index (χ2n) is 17.2. The van der Waals surface area contributed by atoms with E-state index in [1.165, 1.54) is 44.2 Å². The summed E-state index contributed by atoms with van der Waals surface area (Å²) in [7, 11) is 0. The molecule has 308 valence electrons. The fourth-order valence-corrected chi connectivity index (χ4v) is 10.6. The molecule has 13 rings (SSSR count). The molecule has 1 aliphatic rings. The van der Waals surface area contributed by atoms with Crippen LogP contribution in [0.25, 0.3) is 100.0 Å². The van der Waals surface area contributed by atoms with Crippen molar-refractivity contribution in [3.05, 3.63) is 265 Å². The van der Waals surface area contributed by atoms with Crippen molar-refractivity contribution in [1.82, 2.24) is 9.97 Å². The molecule has 0 fully saturated rings. The van der Waals surface area contributed by atoms with Crippen LogP contribution in [0.3, 0.4) is 0 Å². The molecule has 0 radical (unpaired) electrons. The van der Waals surface area contributed by atoms with Crippen LogP contribution in [0.4, 0.5) is 0 Å². The standard InChI is InChI=1S/C63H40N2O/c1-4-19-42(20-5-1)62-64-57(43-34-35-56-54(39-43)52-27-12-14-31-55(52)63(56,47-22-6-2-7-23-47)48-24-8-3-9-25-48)40-58(65-62)46-37-44(50-29-16-21-41-18-10-11-26-49(41)50)36-45(38-46)51-30-17-33-60-61(51)53-28-13-15-32-59(53)66-60/h1-40H. The van der Waals surface area contributed by atoms with E-state index in [9.17, 15) is 0 Å². The molecule has 66 heavy (non-hydrogen) atoms. The number of aromatic nitrogens is 2. The summed E-state index contributed by atoms with van der Waals surface area (Å²) in [6, 6.07) is 87.1. The maximum absolute atomic E-state index is 6.43. The maximum atomic E-state index is 6.43. The van der Waals surface area contributed by atoms with E-state index in [1.54, 1.807) is 0 Å². The summed E-state index contributed by atoms with van der Waals surface area (Å²) < 4.78 is 6.43. The van der Waals surface area contributed by atoms with E-state index in [4.69, 9.17) is 14.4 Å². The van der Waals surface area contributed by atoms with Crippen LogP contribution in [0, 0.1) is 0 Å². The maximum Gasteiger partial charge on any atom is 0.160 e. The first kappa shape index (κ1) is 37.9. The number of hydrogen-bond donors (Lipinski definition) is 0. The van der Waals surface area contributed by atoms with E-state index in [1.807, 2.05) is 18.2 Å². The van der Waals surface area contributed by atoms with Gasteiger partial charge in [-0.2, -0.15) is 0 Å². The molecular formula is C63H40N2O. The van der Waals surface area contributed by atoms with Gasteiger partial charge < -0.3 is 4.42 Å². The van der Waals surface area contributed by atoms with E-state index in [-0.39, 0.29) is 0 Å². The second kappa shape index (κ2) is 15.3. The highest BCUT2D eigenvalue weighted by atomic mass is 16.3. The molecule has 0 bridgehead atoms. The lowest BCUT2D eigenvalue weighted by molar-refractivity contribution is 0.669. The first-order chi connectivity index (χ1) is 32.7. The van der Waals surface area contributed by atoms with E-state index in [0.717, 1.165) is 72.3 Å². The fraction of sp³-hybridized carbons (Fsp3) is 0.0159. The van der Waals surface area contributed by atoms with Crippen molar-refractivity contribution in [3.63, 3.8) is 0 Å². The predicted octanol–water partition coefficient (Wildman–Crippen LogP) is 16.2. The van der Waals surface area contributed by atoms with Crippen LogP contribution in [0.2, 0.25) is 0 Å². The van der Waals surface area contributed by atoms with Crippen molar-refractivity contribution in [1.29, 1.82) is 0 Å². The van der Waals surface area contributed by atoms with Gasteiger partial charge in [0.1, 0.15) is 11.2 Å². The van der Waals surface area contributed by atoms with Crippen molar-refractivity contribution in [2.75, 3.05) is 0 Å². The molecule has 0 N–H and O–H groups in total. The zero-order valence-electron chi connectivity index (χ0n) is 35.9. The van der Waals surface area contributed by atoms with Gasteiger partial charge in [-0.1, -0.05) is 200 Å². The minimum Gasteiger partial charge on any atom is -0.456 e. The lowest BCUT2D eigenvalue weighted by Crippen LogP contribution is -2.28. The summed E-state index contributed by atoms with van der Waals surface area (Å²) >= 11 is 0. The van der Waals surface area contributed by atoms with Crippen LogP contribution in [-0.2, 0) is 5.41 Å². The fourth-order valence-electron chi connectivity index (χ4n) is 10.6. The van der Waals surface area contributed by atoms with Gasteiger partial charge in [-0.15, -0.1) is 0 Å². The molecule has 0 saturated carbocycles. The van der Waals surface area contributed by atoms with Crippen LogP contribution in [-0.4, -0.2) is 9.97 Å². The minimum absolute atomic E-state index is 0.485. The quantitative estimate of drug-likeness (QED) is 0.160. The highest BCUT2D eigenvalue weighted by Crippen LogP contribution is 2.56. The van der Waals surface area contributed by atoms with Crippen LogP contribution in [0.5, 0.6) is 0 Å². The highest BCUT2D eigenvalue weighted by Gasteiger charge is 2.46. The Balaban J connectivity index is 1.05. The normalized spacial score (nSPS) is 12.7. The number of fused-ring (bicyclic) bond motifs is 7. The summed E-state index contributed by atoms with van der Waals surface area (Å²) in [5.74, 6) is 0.673. The molecule has 0 atom stereocenters. The van der Waals surface area contributed by atoms with Gasteiger partial charge in [0.2, 0.25) is 0 Å². The van der Waals surface area contributed by atoms with E-state index in [2.05, 4.69) is 224 Å². The average Bonchev–Trinajstić information content (AvgIpc) is 3.93. The zero-order chi connectivity index (χ0) is 43.6. The van der Waals surface area contributed by atoms with E-state index >= 15 is 0 Å². The molecule has 1 aliphatic carbocycles. The molecule has 12 aromatic rings. The van der Waals surface area contributed by atoms with Gasteiger partial charge in [0, 0.05) is 27.5 Å². The number of hydrogen-bond acceptors (Lipinski definition) is 3. The predicted molar refractivity (Wildman–Crippen MR) is 271 cm³/mol. The van der Waals surface area contributed by atoms with Gasteiger partial charge in [-0.25, -0.2) is 9.97 Å². The number of furan rings is 1. The van der Waals surface area contributed by atoms with Gasteiger partial charge in [0.25, 0.3) is 0 Å². The number of benzene rings is 10. The first-order valence-corrected chi connectivity index (χ1v) is 22.6. The summed E-state index contributed by atoms with van der Waals surface area (Å²) in [5.41, 5.74) is 17.9. The highest BCUT2D eigenvalue weighted by molar-refractivity contribution is 6.13. The Bertz CT molecular complexity index is 3770. The molecule has 3 nitrogen and oxygen atoms in total. The third-order valence-electron chi connectivity index (χ3n) is 13.6. The van der Waals surface area contributed by atoms with Gasteiger partial charge in [0.05, 0.1) is 16.8 Å². The molecular weight excluding hydrogens is 801 g/mol. The Kier molecular flexibility index (Phi) is 8.75. The Labute approximate surface area is 383 Å². The van der Waals surface area contributed by atoms with Crippen molar-refractivity contribution < 1.29 is 4.42 Å². The van der Waals surface area contributed by atoms with E-state index < -0.39 is 5.41 Å². The molecule has 2 heterocycles. The van der Waals surface area contributed by atoms with Crippen LogP contribution < -0.4 is 0 Å². The smallest absolute Gasteiger partial charge is 0.160 e. The Morgan fingerprint density at radius 1 is 0.318 bits per heavy atom. The largest absolute Gasteiger partial charge is 0.456 e. The molecule has 2 aromatic heterocycles. The molecule has 0 aliphatic heterocycles. The topological polar surface area (TPSA) is 38.9 Å². The second-order valence-corrected chi connectivity index (χ2v) is 17.2. The Morgan fingerprint density at radius 3 is 1.65 bits per heavy atom. The zero-order valence-corrected chi connectivity index (χ0v) is 35.9. The summed E-state index contributed by atoms with van der Waals surface area (Å²) in [4.78, 5) is 10.8. The minimum atomic E-state index is -0.485. The van der Waals surface area contributed by atoms with Crippen molar-refractivity contribution in [2.45, 2.75) is 5.41 Å². The van der Waals surface area contributed by atoms with Crippen molar-refractivity contribution in [2.24, 2.45) is 0 Å². The van der Waals surface area contributed by atoms with Crippen molar-refractivity contribution >= 4 is 32.7 Å². The third kappa shape index (κ3) is 5.98. The summed E-state index contributed by atoms with van der Waals surface area (Å²) in [5, 5.41) is 4.59. The monoisotopic (exact) mass is 840 g/mol. The number of para-hydroxylation sites is 1. The SMILES string of the molecule is c1ccc(-c2nc(-c3cc(-c4cccc5ccccc45)cc(-c4cccc5oc6ccccc6c45)c3)cc(-c3ccc4c(c3)-c3ccccc3C4(c3ccccc3)c3ccccc3)n2)cc1. The third-order valence-corrected chi connectivity index (χ3v) is 13.6. The molecule has 10 aromatic carbocycles. The van der Waals surface area contributed by atoms with Crippen LogP contribution in [0.15, 0.2) is 247 Å². The van der Waals surface area contributed by atoms with Crippen LogP contribution >= 0.6 is 0 Å². The van der Waals surface area contributed by atoms with Gasteiger partial charge in [-0.3, -0.25) is 0 Å². The number of nitrogens with zero attached hydrogens (tertiary/aromatic N) is 2. The van der Waals surface area contributed by atoms with Gasteiger partial charge in [0.15, 0.2) is 5.82 Å². The molecule has 0 unspecified atom stereocenters. The Morgan fingerprint density at radius 2 is 0.864 bits per heavy atom. The molecule has 0 amide bonds. The average molecular weight is 841 g/mol. The molecule has 0 saturated heterocycles. The number of rotatable bonds is 7. The molecule has 0 spiro atoms. The van der Waals surface area contributed by atoms with Crippen molar-refractivity contribution in [3.8, 4) is 67.3 Å². The lowest BCUT2D eigenvalue weighted by atomic mass is 9.67. The van der Waals surface area contributed by atoms with Gasteiger partial charge >= 0.3 is 0 Å². The van der Waals surface area contributed by atoms with E-state index in [0.29, 0.717) is 5.82 Å². The summed E-state index contributed by atoms with van der Waals surface area (Å²) in [6.45, 7) is 0. The lowest BCUT2D eigenvalue weighted by Gasteiger charge is -2.33. The van der Waals surface area contributed by atoms with Gasteiger partial charge in [-0.05, 0) is 109 Å². The summed E-state index contributed by atoms with van der Waals surface area (Å²) in [6.07, 6.45) is 0.